The molecule has 0 saturated carbocycles. The van der Waals surface area contributed by atoms with E-state index in [1.807, 2.05) is 12.2 Å². The first-order valence-corrected chi connectivity index (χ1v) is 9.20. The van der Waals surface area contributed by atoms with Crippen LogP contribution in [0, 0.1) is 0 Å². The summed E-state index contributed by atoms with van der Waals surface area (Å²) in [7, 11) is 0. The fraction of sp³-hybridized carbons (Fsp3) is 0.476. The maximum absolute atomic E-state index is 11.8. The van der Waals surface area contributed by atoms with Crippen LogP contribution in [0.2, 0.25) is 0 Å². The van der Waals surface area contributed by atoms with Gasteiger partial charge in [-0.15, -0.1) is 0 Å². The van der Waals surface area contributed by atoms with Crippen LogP contribution in [0.15, 0.2) is 42.5 Å². The number of anilines is 1. The number of nitrogens with two attached hydrogens (primary N) is 1. The minimum atomic E-state index is -0.467. The van der Waals surface area contributed by atoms with Crippen molar-refractivity contribution in [1.29, 1.82) is 0 Å². The number of unbranched alkanes of at least 4 members (excludes halogenated alkanes) is 6. The number of allylic oxidation sites excluding steroid dienone is 3. The fourth-order valence-electron chi connectivity index (χ4n) is 2.34. The van der Waals surface area contributed by atoms with Crippen molar-refractivity contribution < 1.29 is 14.6 Å². The van der Waals surface area contributed by atoms with Gasteiger partial charge in [0, 0.05) is 0 Å². The number of phenolic OH excluding ortho intramolecular Hbond substituents is 1. The van der Waals surface area contributed by atoms with Gasteiger partial charge in [0.1, 0.15) is 12.4 Å². The summed E-state index contributed by atoms with van der Waals surface area (Å²) in [6, 6.07) is 4.34. The van der Waals surface area contributed by atoms with Crippen LogP contribution >= 0.6 is 0 Å². The average Bonchev–Trinajstić information content (AvgIpc) is 2.61. The van der Waals surface area contributed by atoms with Crippen LogP contribution in [0.5, 0.6) is 5.75 Å². The number of nitrogen functional groups attached to an aromatic ring is 1. The molecular formula is C21H31NO3. The van der Waals surface area contributed by atoms with Crippen molar-refractivity contribution in [2.45, 2.75) is 58.3 Å². The second-order valence-electron chi connectivity index (χ2n) is 6.10. The van der Waals surface area contributed by atoms with Crippen LogP contribution in [-0.2, 0) is 4.74 Å². The number of aromatic hydroxyl groups is 1. The van der Waals surface area contributed by atoms with Gasteiger partial charge in [-0.05, 0) is 50.3 Å². The first kappa shape index (κ1) is 20.8. The Morgan fingerprint density at radius 1 is 1.04 bits per heavy atom. The van der Waals surface area contributed by atoms with E-state index in [0.29, 0.717) is 5.56 Å². The zero-order chi connectivity index (χ0) is 18.3. The monoisotopic (exact) mass is 345 g/mol. The maximum atomic E-state index is 11.8. The number of benzene rings is 1. The fourth-order valence-corrected chi connectivity index (χ4v) is 2.34. The maximum Gasteiger partial charge on any atom is 0.338 e. The lowest BCUT2D eigenvalue weighted by molar-refractivity contribution is 0.0549. The lowest BCUT2D eigenvalue weighted by Crippen LogP contribution is -2.05. The Hall–Kier alpha value is -2.23. The number of phenols is 1. The van der Waals surface area contributed by atoms with Gasteiger partial charge in [0.05, 0.1) is 11.3 Å². The highest BCUT2D eigenvalue weighted by atomic mass is 16.5. The molecule has 3 N–H and O–H groups in total. The topological polar surface area (TPSA) is 72.5 Å². The van der Waals surface area contributed by atoms with Crippen molar-refractivity contribution in [3.05, 3.63) is 48.1 Å². The predicted octanol–water partition coefficient (Wildman–Crippen LogP) is 5.38. The van der Waals surface area contributed by atoms with Crippen LogP contribution in [-0.4, -0.2) is 17.7 Å². The van der Waals surface area contributed by atoms with E-state index in [1.165, 1.54) is 50.3 Å². The van der Waals surface area contributed by atoms with Gasteiger partial charge in [0.15, 0.2) is 0 Å². The van der Waals surface area contributed by atoms with E-state index < -0.39 is 5.97 Å². The average molecular weight is 345 g/mol. The van der Waals surface area contributed by atoms with E-state index in [-0.39, 0.29) is 18.0 Å². The molecule has 0 bridgehead atoms. The van der Waals surface area contributed by atoms with E-state index in [1.54, 1.807) is 0 Å². The van der Waals surface area contributed by atoms with Crippen LogP contribution in [0.3, 0.4) is 0 Å². The minimum Gasteiger partial charge on any atom is -0.506 e. The van der Waals surface area contributed by atoms with E-state index in [0.717, 1.165) is 19.3 Å². The van der Waals surface area contributed by atoms with Crippen LogP contribution in [0.1, 0.15) is 68.6 Å². The number of rotatable bonds is 12. The zero-order valence-corrected chi connectivity index (χ0v) is 15.2. The Balaban J connectivity index is 2.07. The van der Waals surface area contributed by atoms with Crippen molar-refractivity contribution in [2.24, 2.45) is 0 Å². The molecule has 4 heteroatoms. The molecule has 0 heterocycles. The van der Waals surface area contributed by atoms with Crippen LogP contribution in [0.25, 0.3) is 0 Å². The number of esters is 1. The molecule has 138 valence electrons. The number of ether oxygens (including phenoxy) is 1. The molecule has 0 aromatic heterocycles. The van der Waals surface area contributed by atoms with Gasteiger partial charge in [-0.3, -0.25) is 0 Å². The van der Waals surface area contributed by atoms with Gasteiger partial charge in [-0.25, -0.2) is 4.79 Å². The molecule has 0 spiro atoms. The number of hydrogen-bond acceptors (Lipinski definition) is 4. The van der Waals surface area contributed by atoms with Crippen LogP contribution in [0.4, 0.5) is 5.69 Å². The number of carbonyl (C=O) groups excluding carboxylic acids is 1. The molecule has 0 atom stereocenters. The normalized spacial score (nSPS) is 11.4. The Kier molecular flexibility index (Phi) is 10.9. The van der Waals surface area contributed by atoms with E-state index in [9.17, 15) is 9.90 Å². The van der Waals surface area contributed by atoms with Crippen LogP contribution < -0.4 is 5.73 Å². The Bertz CT molecular complexity index is 564. The van der Waals surface area contributed by atoms with Gasteiger partial charge in [-0.2, -0.15) is 0 Å². The molecule has 0 aliphatic carbocycles. The van der Waals surface area contributed by atoms with Gasteiger partial charge in [-0.1, -0.05) is 50.5 Å². The Morgan fingerprint density at radius 3 is 2.40 bits per heavy atom. The first-order valence-electron chi connectivity index (χ1n) is 9.20. The summed E-state index contributed by atoms with van der Waals surface area (Å²) in [6.45, 7) is 2.46. The van der Waals surface area contributed by atoms with Gasteiger partial charge in [0.25, 0.3) is 0 Å². The molecule has 25 heavy (non-hydrogen) atoms. The van der Waals surface area contributed by atoms with Crippen molar-refractivity contribution >= 4 is 11.7 Å². The minimum absolute atomic E-state index is 0.108. The highest BCUT2D eigenvalue weighted by Crippen LogP contribution is 2.21. The molecule has 0 aliphatic heterocycles. The third-order valence-corrected chi connectivity index (χ3v) is 3.88. The van der Waals surface area contributed by atoms with Crippen molar-refractivity contribution in [3.8, 4) is 5.75 Å². The summed E-state index contributed by atoms with van der Waals surface area (Å²) < 4.78 is 5.12. The summed E-state index contributed by atoms with van der Waals surface area (Å²) in [6.07, 6.45) is 18.0. The summed E-state index contributed by atoms with van der Waals surface area (Å²) >= 11 is 0. The third-order valence-electron chi connectivity index (χ3n) is 3.88. The molecule has 4 nitrogen and oxygen atoms in total. The molecule has 0 amide bonds. The molecule has 0 saturated heterocycles. The molecule has 0 fully saturated rings. The smallest absolute Gasteiger partial charge is 0.338 e. The molecule has 0 aliphatic rings. The third kappa shape index (κ3) is 9.60. The zero-order valence-electron chi connectivity index (χ0n) is 15.2. The summed E-state index contributed by atoms with van der Waals surface area (Å²) in [5.41, 5.74) is 6.03. The van der Waals surface area contributed by atoms with Crippen molar-refractivity contribution in [1.82, 2.24) is 0 Å². The second-order valence-corrected chi connectivity index (χ2v) is 6.10. The largest absolute Gasteiger partial charge is 0.506 e. The first-order chi connectivity index (χ1) is 12.1. The van der Waals surface area contributed by atoms with Crippen molar-refractivity contribution in [3.63, 3.8) is 0 Å². The van der Waals surface area contributed by atoms with Gasteiger partial charge < -0.3 is 15.6 Å². The predicted molar refractivity (Wildman–Crippen MR) is 104 cm³/mol. The second kappa shape index (κ2) is 13.1. The highest BCUT2D eigenvalue weighted by molar-refractivity contribution is 5.90. The van der Waals surface area contributed by atoms with E-state index in [2.05, 4.69) is 19.1 Å². The van der Waals surface area contributed by atoms with E-state index in [4.69, 9.17) is 10.5 Å². The molecular weight excluding hydrogens is 314 g/mol. The SMILES string of the molecule is CCCCCCC=CCCCC=CCOC(=O)c1ccc(N)c(O)c1. The van der Waals surface area contributed by atoms with Crippen molar-refractivity contribution in [2.75, 3.05) is 12.3 Å². The lowest BCUT2D eigenvalue weighted by Gasteiger charge is -2.04. The van der Waals surface area contributed by atoms with E-state index >= 15 is 0 Å². The van der Waals surface area contributed by atoms with Gasteiger partial charge in [0.2, 0.25) is 0 Å². The summed E-state index contributed by atoms with van der Waals surface area (Å²) in [4.78, 5) is 11.8. The quantitative estimate of drug-likeness (QED) is 0.175. The highest BCUT2D eigenvalue weighted by Gasteiger charge is 2.08. The Labute approximate surface area is 151 Å². The van der Waals surface area contributed by atoms with Gasteiger partial charge >= 0.3 is 5.97 Å². The molecule has 0 radical (unpaired) electrons. The summed E-state index contributed by atoms with van der Waals surface area (Å²) in [5, 5.41) is 9.48. The summed E-state index contributed by atoms with van der Waals surface area (Å²) in [5.74, 6) is -0.575. The Morgan fingerprint density at radius 2 is 1.72 bits per heavy atom. The molecule has 0 unspecified atom stereocenters. The number of hydrogen-bond donors (Lipinski definition) is 2. The molecule has 1 rings (SSSR count). The standard InChI is InChI=1S/C21H31NO3/c1-2-3-4-5-6-7-8-9-10-11-12-13-16-25-21(24)18-14-15-19(22)20(23)17-18/h7-8,12-15,17,23H,2-6,9-11,16,22H2,1H3. The molecule has 1 aromatic carbocycles. The molecule has 1 aromatic rings. The number of carbonyl (C=O) groups is 1. The lowest BCUT2D eigenvalue weighted by atomic mass is 10.1.